The lowest BCUT2D eigenvalue weighted by atomic mass is 10.1. The van der Waals surface area contributed by atoms with Crippen molar-refractivity contribution >= 4 is 30.3 Å². The van der Waals surface area contributed by atoms with E-state index in [9.17, 15) is 0 Å². The number of nitrogens with one attached hydrogen (secondary N) is 1. The van der Waals surface area contributed by atoms with Gasteiger partial charge >= 0.3 is 0 Å². The Kier molecular flexibility index (Phi) is 8.76. The summed E-state index contributed by atoms with van der Waals surface area (Å²) in [4.78, 5) is 14.1. The summed E-state index contributed by atoms with van der Waals surface area (Å²) in [6.45, 7) is 11.7. The first-order valence-corrected chi connectivity index (χ1v) is 18.8. The minimum absolute atomic E-state index is 0.0615. The van der Waals surface area contributed by atoms with Gasteiger partial charge in [-0.05, 0) is 44.7 Å². The third kappa shape index (κ3) is 5.87. The van der Waals surface area contributed by atoms with E-state index in [0.29, 0.717) is 13.2 Å². The van der Waals surface area contributed by atoms with Gasteiger partial charge in [-0.2, -0.15) is 0 Å². The molecule has 0 spiro atoms. The van der Waals surface area contributed by atoms with Crippen LogP contribution in [-0.4, -0.2) is 48.1 Å². The molecule has 1 unspecified atom stereocenters. The first-order chi connectivity index (χ1) is 23.3. The van der Waals surface area contributed by atoms with Crippen LogP contribution < -0.4 is 25.4 Å². The summed E-state index contributed by atoms with van der Waals surface area (Å²) in [6.07, 6.45) is 6.55. The van der Waals surface area contributed by atoms with E-state index >= 15 is 0 Å². The number of pyridine rings is 1. The van der Waals surface area contributed by atoms with Crippen molar-refractivity contribution in [2.24, 2.45) is 0 Å². The van der Waals surface area contributed by atoms with Crippen molar-refractivity contribution in [1.82, 2.24) is 15.0 Å². The number of hydrogen-bond donors (Lipinski definition) is 1. The first kappa shape index (κ1) is 32.0. The molecule has 5 aromatic rings. The van der Waals surface area contributed by atoms with Crippen LogP contribution in [0.3, 0.4) is 0 Å². The van der Waals surface area contributed by atoms with Gasteiger partial charge in [0.25, 0.3) is 8.32 Å². The number of methoxy groups -OCH3 is 1. The molecule has 48 heavy (non-hydrogen) atoms. The number of quaternary nitrogens is 1. The molecular weight excluding hydrogens is 613 g/mol. The Bertz CT molecular complexity index is 1810. The number of benzene rings is 3. The summed E-state index contributed by atoms with van der Waals surface area (Å²) >= 11 is 0. The Morgan fingerprint density at radius 3 is 2.23 bits per heavy atom. The van der Waals surface area contributed by atoms with Crippen LogP contribution in [0.4, 0.5) is 11.6 Å². The Balaban J connectivity index is 1.16. The molecule has 246 valence electrons. The number of rotatable bonds is 11. The van der Waals surface area contributed by atoms with Crippen molar-refractivity contribution in [3.8, 4) is 5.75 Å². The predicted molar refractivity (Wildman–Crippen MR) is 193 cm³/mol. The van der Waals surface area contributed by atoms with Gasteiger partial charge in [-0.3, -0.25) is 4.98 Å². The number of nitrogens with zero attached hydrogens (tertiary/aromatic N) is 5. The molecule has 2 aromatic heterocycles. The summed E-state index contributed by atoms with van der Waals surface area (Å²) in [5.74, 6) is 2.76. The van der Waals surface area contributed by atoms with Gasteiger partial charge in [0.15, 0.2) is 5.82 Å². The third-order valence-corrected chi connectivity index (χ3v) is 15.0. The fourth-order valence-corrected chi connectivity index (χ4v) is 12.3. The van der Waals surface area contributed by atoms with Gasteiger partial charge < -0.3 is 14.5 Å². The first-order valence-electron chi connectivity index (χ1n) is 16.8. The lowest BCUT2D eigenvalue weighted by Crippen LogP contribution is -2.66. The lowest BCUT2D eigenvalue weighted by molar-refractivity contribution is -0.959. The average molecular weight is 658 g/mol. The number of hydrogen-bond acceptors (Lipinski definition) is 7. The number of ether oxygens (including phenoxy) is 1. The Morgan fingerprint density at radius 2 is 1.56 bits per heavy atom. The van der Waals surface area contributed by atoms with E-state index in [1.807, 2.05) is 24.5 Å². The molecule has 0 saturated carbocycles. The lowest BCUT2D eigenvalue weighted by Gasteiger charge is -2.46. The maximum absolute atomic E-state index is 7.33. The second-order valence-corrected chi connectivity index (χ2v) is 18.2. The highest BCUT2D eigenvalue weighted by molar-refractivity contribution is 6.99. The number of fused-ring (bicyclic) bond motifs is 4. The van der Waals surface area contributed by atoms with Crippen molar-refractivity contribution in [2.75, 3.05) is 30.6 Å². The summed E-state index contributed by atoms with van der Waals surface area (Å²) in [5.41, 5.74) is 4.94. The summed E-state index contributed by atoms with van der Waals surface area (Å²) < 4.78 is 13.4. The second-order valence-electron chi connectivity index (χ2n) is 13.9. The predicted octanol–water partition coefficient (Wildman–Crippen LogP) is 6.22. The standard InChI is InChI=1S/C39H45N6O2Si/c1-39(2,3)48(34-12-7-5-8-13-34,35-14-9-6-10-15-35)47-23-11-22-45-27-32-25-40-21-20-31(32)26-44(45)38-36(28-45)37(42-29-43-38)41-24-30-16-18-33(46-4)19-17-30/h5-10,12-21,25,29H,11,22-24,26-28H2,1-4H3,(H,41,42,43)/q+1. The van der Waals surface area contributed by atoms with Crippen LogP contribution >= 0.6 is 0 Å². The van der Waals surface area contributed by atoms with Gasteiger partial charge in [0.05, 0.1) is 19.2 Å². The van der Waals surface area contributed by atoms with E-state index in [2.05, 4.69) is 115 Å². The zero-order chi connectivity index (χ0) is 33.2. The highest BCUT2D eigenvalue weighted by atomic mass is 28.4. The van der Waals surface area contributed by atoms with E-state index in [0.717, 1.165) is 54.6 Å². The summed E-state index contributed by atoms with van der Waals surface area (Å²) in [6, 6.07) is 32.1. The molecule has 0 radical (unpaired) electrons. The molecule has 0 amide bonds. The average Bonchev–Trinajstić information content (AvgIpc) is 3.44. The van der Waals surface area contributed by atoms with Crippen LogP contribution in [-0.2, 0) is 30.6 Å². The normalized spacial score (nSPS) is 17.0. The van der Waals surface area contributed by atoms with Crippen LogP contribution in [0.25, 0.3) is 0 Å². The fraction of sp³-hybridized carbons (Fsp3) is 0.308. The number of anilines is 2. The van der Waals surface area contributed by atoms with Gasteiger partial charge in [-0.15, -0.1) is 0 Å². The van der Waals surface area contributed by atoms with Crippen LogP contribution in [0.2, 0.25) is 5.04 Å². The molecule has 0 fully saturated rings. The van der Waals surface area contributed by atoms with E-state index < -0.39 is 8.32 Å². The SMILES string of the molecule is COc1ccc(CNc2ncnc3c2C[N+]2(CCCO[Si](c4ccccc4)(c4ccccc4)C(C)(C)C)Cc4cnccc4CN32)cc1. The monoisotopic (exact) mass is 657 g/mol. The molecule has 0 bridgehead atoms. The Morgan fingerprint density at radius 1 is 0.854 bits per heavy atom. The van der Waals surface area contributed by atoms with Crippen LogP contribution in [0, 0.1) is 0 Å². The Hall–Kier alpha value is -4.57. The van der Waals surface area contributed by atoms with Crippen LogP contribution in [0.15, 0.2) is 110 Å². The van der Waals surface area contributed by atoms with Gasteiger partial charge in [0.2, 0.25) is 0 Å². The minimum atomic E-state index is -2.62. The second kappa shape index (κ2) is 13.1. The fourth-order valence-electron chi connectivity index (χ4n) is 7.65. The molecule has 3 aromatic carbocycles. The molecule has 8 nitrogen and oxygen atoms in total. The topological polar surface area (TPSA) is 72.4 Å². The number of aromatic nitrogens is 3. The van der Waals surface area contributed by atoms with E-state index in [1.54, 1.807) is 13.4 Å². The van der Waals surface area contributed by atoms with Crippen molar-refractivity contribution in [1.29, 1.82) is 0 Å². The van der Waals surface area contributed by atoms with Crippen molar-refractivity contribution in [3.63, 3.8) is 0 Å². The van der Waals surface area contributed by atoms with E-state index in [4.69, 9.17) is 19.1 Å². The van der Waals surface area contributed by atoms with E-state index in [1.165, 1.54) is 32.6 Å². The molecule has 2 aliphatic heterocycles. The Labute approximate surface area is 285 Å². The molecular formula is C39H45N6O2Si+. The quantitative estimate of drug-likeness (QED) is 0.103. The maximum atomic E-state index is 7.33. The van der Waals surface area contributed by atoms with Crippen molar-refractivity contribution in [3.05, 3.63) is 132 Å². The largest absolute Gasteiger partial charge is 0.497 e. The third-order valence-electron chi connectivity index (χ3n) is 9.99. The van der Waals surface area contributed by atoms with Crippen LogP contribution in [0.1, 0.15) is 49.4 Å². The van der Waals surface area contributed by atoms with Gasteiger partial charge in [-0.25, -0.2) is 19.6 Å². The molecule has 7 rings (SSSR count). The zero-order valence-electron chi connectivity index (χ0n) is 28.4. The van der Waals surface area contributed by atoms with Gasteiger partial charge in [0, 0.05) is 37.5 Å². The highest BCUT2D eigenvalue weighted by Gasteiger charge is 2.51. The van der Waals surface area contributed by atoms with Gasteiger partial charge in [-0.1, -0.05) is 93.6 Å². The highest BCUT2D eigenvalue weighted by Crippen LogP contribution is 2.44. The summed E-state index contributed by atoms with van der Waals surface area (Å²) in [7, 11) is -0.931. The van der Waals surface area contributed by atoms with E-state index in [-0.39, 0.29) is 5.04 Å². The molecule has 4 heterocycles. The molecule has 1 N–H and O–H groups in total. The maximum Gasteiger partial charge on any atom is 0.261 e. The molecule has 0 aliphatic carbocycles. The molecule has 9 heteroatoms. The molecule has 0 saturated heterocycles. The van der Waals surface area contributed by atoms with Crippen molar-refractivity contribution in [2.45, 2.75) is 58.4 Å². The smallest absolute Gasteiger partial charge is 0.261 e. The molecule has 1 atom stereocenters. The van der Waals surface area contributed by atoms with Gasteiger partial charge in [0.1, 0.15) is 37.5 Å². The molecule has 2 aliphatic rings. The summed E-state index contributed by atoms with van der Waals surface area (Å²) in [5, 5.41) is 8.68. The van der Waals surface area contributed by atoms with Crippen LogP contribution in [0.5, 0.6) is 5.75 Å². The van der Waals surface area contributed by atoms with Crippen molar-refractivity contribution < 1.29 is 13.8 Å². The minimum Gasteiger partial charge on any atom is -0.497 e. The zero-order valence-corrected chi connectivity index (χ0v) is 29.4.